The third kappa shape index (κ3) is 2.77. The van der Waals surface area contributed by atoms with E-state index in [4.69, 9.17) is 5.73 Å². The molecule has 2 atom stereocenters. The number of rotatable bonds is 2. The molecule has 1 aliphatic rings. The molecule has 3 heteroatoms. The van der Waals surface area contributed by atoms with Crippen LogP contribution < -0.4 is 5.73 Å². The Morgan fingerprint density at radius 3 is 2.71 bits per heavy atom. The molecule has 1 aliphatic carbocycles. The van der Waals surface area contributed by atoms with Gasteiger partial charge in [0, 0.05) is 10.9 Å². The van der Waals surface area contributed by atoms with Crippen molar-refractivity contribution >= 4 is 27.3 Å². The van der Waals surface area contributed by atoms with Gasteiger partial charge in [0.25, 0.3) is 0 Å². The lowest BCUT2D eigenvalue weighted by Gasteiger charge is -2.42. The van der Waals surface area contributed by atoms with E-state index < -0.39 is 0 Å². The number of halogens is 1. The van der Waals surface area contributed by atoms with E-state index in [9.17, 15) is 0 Å². The van der Waals surface area contributed by atoms with Crippen LogP contribution in [0.3, 0.4) is 0 Å². The molecule has 2 N–H and O–H groups in total. The van der Waals surface area contributed by atoms with E-state index in [1.807, 2.05) is 0 Å². The fourth-order valence-corrected chi connectivity index (χ4v) is 4.96. The van der Waals surface area contributed by atoms with E-state index in [0.717, 1.165) is 0 Å². The first-order chi connectivity index (χ1) is 7.92. The van der Waals surface area contributed by atoms with E-state index in [2.05, 4.69) is 42.8 Å². The van der Waals surface area contributed by atoms with Crippen LogP contribution in [0.15, 0.2) is 9.85 Å². The lowest BCUT2D eigenvalue weighted by atomic mass is 9.65. The van der Waals surface area contributed by atoms with Gasteiger partial charge in [0.1, 0.15) is 0 Å². The molecule has 1 nitrogen and oxygen atoms in total. The number of thiophene rings is 1. The SMILES string of the molecule is Cc1sc(Br)cc1C(N)C1CCCCC1(C)C. The highest BCUT2D eigenvalue weighted by molar-refractivity contribution is 9.11. The fourth-order valence-electron chi connectivity index (χ4n) is 3.19. The second kappa shape index (κ2) is 5.02. The van der Waals surface area contributed by atoms with Gasteiger partial charge in [-0.3, -0.25) is 0 Å². The lowest BCUT2D eigenvalue weighted by Crippen LogP contribution is -2.36. The maximum Gasteiger partial charge on any atom is 0.0704 e. The van der Waals surface area contributed by atoms with Crippen molar-refractivity contribution < 1.29 is 0 Å². The molecular weight excluding hydrogens is 294 g/mol. The summed E-state index contributed by atoms with van der Waals surface area (Å²) in [6.45, 7) is 6.95. The average Bonchev–Trinajstić information content (AvgIpc) is 2.56. The van der Waals surface area contributed by atoms with Crippen molar-refractivity contribution in [1.82, 2.24) is 0 Å². The minimum atomic E-state index is 0.202. The first kappa shape index (κ1) is 13.6. The summed E-state index contributed by atoms with van der Waals surface area (Å²) in [5, 5.41) is 0. The van der Waals surface area contributed by atoms with Gasteiger partial charge in [-0.15, -0.1) is 11.3 Å². The Labute approximate surface area is 117 Å². The summed E-state index contributed by atoms with van der Waals surface area (Å²) in [4.78, 5) is 1.37. The van der Waals surface area contributed by atoms with Crippen molar-refractivity contribution in [3.8, 4) is 0 Å². The second-order valence-corrected chi connectivity index (χ2v) is 8.56. The standard InChI is InChI=1S/C14H22BrNS/c1-9-10(8-12(15)17-9)13(16)11-6-4-5-7-14(11,2)3/h8,11,13H,4-7,16H2,1-3H3. The molecule has 0 aromatic carbocycles. The molecule has 0 amide bonds. The van der Waals surface area contributed by atoms with Gasteiger partial charge in [-0.05, 0) is 58.7 Å². The van der Waals surface area contributed by atoms with Crippen molar-refractivity contribution in [2.45, 2.75) is 52.5 Å². The summed E-state index contributed by atoms with van der Waals surface area (Å²) in [6.07, 6.45) is 5.30. The Bertz CT molecular complexity index is 397. The zero-order valence-corrected chi connectivity index (χ0v) is 13.3. The van der Waals surface area contributed by atoms with Crippen LogP contribution in [0.5, 0.6) is 0 Å². The normalized spacial score (nSPS) is 25.8. The van der Waals surface area contributed by atoms with Gasteiger partial charge in [-0.1, -0.05) is 26.7 Å². The van der Waals surface area contributed by atoms with Crippen LogP contribution in [0.1, 0.15) is 56.0 Å². The van der Waals surface area contributed by atoms with Gasteiger partial charge in [0.05, 0.1) is 3.79 Å². The van der Waals surface area contributed by atoms with E-state index in [1.54, 1.807) is 11.3 Å². The monoisotopic (exact) mass is 315 g/mol. The summed E-state index contributed by atoms with van der Waals surface area (Å²) in [7, 11) is 0. The van der Waals surface area contributed by atoms with Crippen LogP contribution in [0, 0.1) is 18.3 Å². The largest absolute Gasteiger partial charge is 0.324 e. The van der Waals surface area contributed by atoms with Crippen LogP contribution in [-0.4, -0.2) is 0 Å². The highest BCUT2D eigenvalue weighted by Crippen LogP contribution is 2.47. The molecule has 0 radical (unpaired) electrons. The topological polar surface area (TPSA) is 26.0 Å². The molecule has 2 unspecified atom stereocenters. The molecule has 2 rings (SSSR count). The quantitative estimate of drug-likeness (QED) is 0.813. The van der Waals surface area contributed by atoms with E-state index in [0.29, 0.717) is 11.3 Å². The molecular formula is C14H22BrNS. The first-order valence-corrected chi connectivity index (χ1v) is 8.04. The number of hydrogen-bond donors (Lipinski definition) is 1. The predicted molar refractivity (Wildman–Crippen MR) is 79.4 cm³/mol. The minimum absolute atomic E-state index is 0.202. The van der Waals surface area contributed by atoms with E-state index in [-0.39, 0.29) is 6.04 Å². The first-order valence-electron chi connectivity index (χ1n) is 6.43. The molecule has 1 fully saturated rings. The summed E-state index contributed by atoms with van der Waals surface area (Å²) in [6, 6.07) is 2.42. The van der Waals surface area contributed by atoms with Gasteiger partial charge in [0.15, 0.2) is 0 Å². The Hall–Kier alpha value is 0.140. The lowest BCUT2D eigenvalue weighted by molar-refractivity contribution is 0.112. The second-order valence-electron chi connectivity index (χ2n) is 5.93. The number of hydrogen-bond acceptors (Lipinski definition) is 2. The van der Waals surface area contributed by atoms with Crippen molar-refractivity contribution in [3.05, 3.63) is 20.3 Å². The Morgan fingerprint density at radius 2 is 2.18 bits per heavy atom. The van der Waals surface area contributed by atoms with Crippen molar-refractivity contribution in [1.29, 1.82) is 0 Å². The maximum absolute atomic E-state index is 6.55. The van der Waals surface area contributed by atoms with Crippen LogP contribution in [0.25, 0.3) is 0 Å². The smallest absolute Gasteiger partial charge is 0.0704 e. The summed E-state index contributed by atoms with van der Waals surface area (Å²) >= 11 is 5.37. The average molecular weight is 316 g/mol. The molecule has 0 bridgehead atoms. The molecule has 17 heavy (non-hydrogen) atoms. The Kier molecular flexibility index (Phi) is 4.01. The van der Waals surface area contributed by atoms with Crippen LogP contribution in [0.2, 0.25) is 0 Å². The van der Waals surface area contributed by atoms with Gasteiger partial charge in [-0.2, -0.15) is 0 Å². The highest BCUT2D eigenvalue weighted by Gasteiger charge is 2.37. The van der Waals surface area contributed by atoms with Crippen molar-refractivity contribution in [2.75, 3.05) is 0 Å². The van der Waals surface area contributed by atoms with Crippen molar-refractivity contribution in [2.24, 2.45) is 17.1 Å². The minimum Gasteiger partial charge on any atom is -0.324 e. The van der Waals surface area contributed by atoms with Crippen molar-refractivity contribution in [3.63, 3.8) is 0 Å². The van der Waals surface area contributed by atoms with Gasteiger partial charge < -0.3 is 5.73 Å². The number of aryl methyl sites for hydroxylation is 1. The third-order valence-electron chi connectivity index (χ3n) is 4.31. The Balaban J connectivity index is 2.24. The summed E-state index contributed by atoms with van der Waals surface area (Å²) in [5.74, 6) is 0.622. The van der Waals surface area contributed by atoms with Gasteiger partial charge >= 0.3 is 0 Å². The molecule has 0 aliphatic heterocycles. The molecule has 0 saturated heterocycles. The summed E-state index contributed by atoms with van der Waals surface area (Å²) in [5.41, 5.74) is 8.28. The van der Waals surface area contributed by atoms with Gasteiger partial charge in [-0.25, -0.2) is 0 Å². The molecule has 1 heterocycles. The molecule has 96 valence electrons. The molecule has 1 aromatic rings. The van der Waals surface area contributed by atoms with Crippen LogP contribution in [-0.2, 0) is 0 Å². The molecule has 1 saturated carbocycles. The highest BCUT2D eigenvalue weighted by atomic mass is 79.9. The van der Waals surface area contributed by atoms with E-state index >= 15 is 0 Å². The Morgan fingerprint density at radius 1 is 1.47 bits per heavy atom. The third-order valence-corrected chi connectivity index (χ3v) is 5.88. The van der Waals surface area contributed by atoms with Crippen LogP contribution >= 0.6 is 27.3 Å². The zero-order chi connectivity index (χ0) is 12.6. The predicted octanol–water partition coefficient (Wildman–Crippen LogP) is 5.04. The molecule has 1 aromatic heterocycles. The molecule has 0 spiro atoms. The number of nitrogens with two attached hydrogens (primary N) is 1. The van der Waals surface area contributed by atoms with Gasteiger partial charge in [0.2, 0.25) is 0 Å². The maximum atomic E-state index is 6.55. The zero-order valence-electron chi connectivity index (χ0n) is 10.9. The summed E-state index contributed by atoms with van der Waals surface area (Å²) < 4.78 is 1.20. The van der Waals surface area contributed by atoms with Crippen LogP contribution in [0.4, 0.5) is 0 Å². The van der Waals surface area contributed by atoms with E-state index in [1.165, 1.54) is 39.9 Å². The fraction of sp³-hybridized carbons (Fsp3) is 0.714.